The van der Waals surface area contributed by atoms with Crippen molar-refractivity contribution in [3.63, 3.8) is 0 Å². The first kappa shape index (κ1) is 13.2. The molecule has 1 atom stereocenters. The van der Waals surface area contributed by atoms with Crippen LogP contribution in [0.1, 0.15) is 18.4 Å². The van der Waals surface area contributed by atoms with E-state index in [1.54, 1.807) is 31.2 Å². The van der Waals surface area contributed by atoms with Gasteiger partial charge in [0.05, 0.1) is 17.3 Å². The topological polar surface area (TPSA) is 80.4 Å². The van der Waals surface area contributed by atoms with Crippen molar-refractivity contribution in [2.24, 2.45) is 5.73 Å². The summed E-state index contributed by atoms with van der Waals surface area (Å²) in [5.74, 6) is -0.0366. The Bertz CT molecular complexity index is 421. The molecule has 1 rings (SSSR count). The highest BCUT2D eigenvalue weighted by Gasteiger charge is 2.13. The van der Waals surface area contributed by atoms with Gasteiger partial charge in [0, 0.05) is 12.5 Å². The Morgan fingerprint density at radius 2 is 1.88 bits per heavy atom. The molecule has 0 bridgehead atoms. The zero-order valence-electron chi connectivity index (χ0n) is 9.26. The Balaban J connectivity index is 3.00. The largest absolute Gasteiger partial charge is 0.396 e. The maximum atomic E-state index is 11.5. The summed E-state index contributed by atoms with van der Waals surface area (Å²) >= 11 is 0. The van der Waals surface area contributed by atoms with Gasteiger partial charge >= 0.3 is 0 Å². The van der Waals surface area contributed by atoms with Crippen molar-refractivity contribution in [3.05, 3.63) is 29.8 Å². The fourth-order valence-electron chi connectivity index (χ4n) is 1.43. The average Bonchev–Trinajstić information content (AvgIpc) is 2.31. The zero-order chi connectivity index (χ0) is 12.2. The number of aliphatic hydroxyl groups excluding tert-OH is 1. The van der Waals surface area contributed by atoms with E-state index in [1.807, 2.05) is 0 Å². The van der Waals surface area contributed by atoms with Crippen LogP contribution in [-0.2, 0) is 9.84 Å². The van der Waals surface area contributed by atoms with Gasteiger partial charge in [-0.3, -0.25) is 0 Å². The van der Waals surface area contributed by atoms with Crippen LogP contribution in [0.25, 0.3) is 0 Å². The summed E-state index contributed by atoms with van der Waals surface area (Å²) in [6.07, 6.45) is 0. The Morgan fingerprint density at radius 1 is 1.31 bits per heavy atom. The van der Waals surface area contributed by atoms with Crippen molar-refractivity contribution >= 4 is 9.84 Å². The summed E-state index contributed by atoms with van der Waals surface area (Å²) in [7, 11) is -3.15. The van der Waals surface area contributed by atoms with E-state index in [2.05, 4.69) is 0 Å². The van der Waals surface area contributed by atoms with Crippen LogP contribution in [0.5, 0.6) is 0 Å². The van der Waals surface area contributed by atoms with Crippen LogP contribution in [-0.4, -0.2) is 32.4 Å². The highest BCUT2D eigenvalue weighted by Crippen LogP contribution is 2.18. The molecule has 0 heterocycles. The third-order valence-electron chi connectivity index (χ3n) is 2.60. The summed E-state index contributed by atoms with van der Waals surface area (Å²) < 4.78 is 23.1. The van der Waals surface area contributed by atoms with Gasteiger partial charge in [-0.15, -0.1) is 0 Å². The van der Waals surface area contributed by atoms with Gasteiger partial charge < -0.3 is 10.8 Å². The molecule has 0 saturated heterocycles. The van der Waals surface area contributed by atoms with Crippen molar-refractivity contribution in [2.75, 3.05) is 18.9 Å². The van der Waals surface area contributed by atoms with Gasteiger partial charge in [0.15, 0.2) is 9.84 Å². The van der Waals surface area contributed by atoms with E-state index in [1.165, 1.54) is 0 Å². The molecule has 1 unspecified atom stereocenters. The molecule has 90 valence electrons. The Labute approximate surface area is 96.0 Å². The average molecular weight is 243 g/mol. The van der Waals surface area contributed by atoms with Crippen LogP contribution in [0.15, 0.2) is 29.2 Å². The van der Waals surface area contributed by atoms with Crippen LogP contribution in [0.3, 0.4) is 0 Å². The number of hydrogen-bond acceptors (Lipinski definition) is 4. The zero-order valence-corrected chi connectivity index (χ0v) is 10.1. The second kappa shape index (κ2) is 5.43. The molecule has 1 aromatic carbocycles. The molecule has 0 saturated carbocycles. The second-order valence-electron chi connectivity index (χ2n) is 3.59. The maximum Gasteiger partial charge on any atom is 0.178 e. The highest BCUT2D eigenvalue weighted by atomic mass is 32.2. The molecule has 0 fully saturated rings. The van der Waals surface area contributed by atoms with Gasteiger partial charge in [-0.05, 0) is 17.7 Å². The summed E-state index contributed by atoms with van der Waals surface area (Å²) in [4.78, 5) is 0.312. The van der Waals surface area contributed by atoms with Gasteiger partial charge in [-0.25, -0.2) is 8.42 Å². The number of hydrogen-bond donors (Lipinski definition) is 2. The Morgan fingerprint density at radius 3 is 2.25 bits per heavy atom. The minimum atomic E-state index is -3.15. The first-order chi connectivity index (χ1) is 7.55. The summed E-state index contributed by atoms with van der Waals surface area (Å²) in [5, 5.41) is 9.06. The lowest BCUT2D eigenvalue weighted by atomic mass is 10.0. The SMILES string of the molecule is CCS(=O)(=O)c1ccc(C(CN)CO)cc1. The minimum absolute atomic E-state index is 0.0314. The van der Waals surface area contributed by atoms with E-state index in [9.17, 15) is 8.42 Å². The Kier molecular flexibility index (Phi) is 4.46. The van der Waals surface area contributed by atoms with Crippen molar-refractivity contribution in [2.45, 2.75) is 17.7 Å². The normalized spacial score (nSPS) is 13.7. The van der Waals surface area contributed by atoms with E-state index in [0.717, 1.165) is 5.56 Å². The second-order valence-corrected chi connectivity index (χ2v) is 5.87. The number of aliphatic hydroxyl groups is 1. The molecule has 0 aliphatic rings. The predicted molar refractivity (Wildman–Crippen MR) is 63.1 cm³/mol. The first-order valence-corrected chi connectivity index (χ1v) is 6.84. The monoisotopic (exact) mass is 243 g/mol. The molecular weight excluding hydrogens is 226 g/mol. The third-order valence-corrected chi connectivity index (χ3v) is 4.35. The number of nitrogens with two attached hydrogens (primary N) is 1. The summed E-state index contributed by atoms with van der Waals surface area (Å²) in [6.45, 7) is 1.92. The first-order valence-electron chi connectivity index (χ1n) is 5.18. The molecule has 16 heavy (non-hydrogen) atoms. The molecule has 1 aromatic rings. The number of sulfone groups is 1. The molecule has 0 amide bonds. The highest BCUT2D eigenvalue weighted by molar-refractivity contribution is 7.91. The van der Waals surface area contributed by atoms with Crippen LogP contribution in [0.2, 0.25) is 0 Å². The van der Waals surface area contributed by atoms with E-state index in [-0.39, 0.29) is 18.3 Å². The molecule has 0 aromatic heterocycles. The van der Waals surface area contributed by atoms with Crippen molar-refractivity contribution in [1.82, 2.24) is 0 Å². The molecule has 0 radical (unpaired) electrons. The smallest absolute Gasteiger partial charge is 0.178 e. The molecule has 4 nitrogen and oxygen atoms in total. The molecule has 5 heteroatoms. The summed E-state index contributed by atoms with van der Waals surface area (Å²) in [5.41, 5.74) is 6.35. The maximum absolute atomic E-state index is 11.5. The van der Waals surface area contributed by atoms with Crippen LogP contribution in [0.4, 0.5) is 0 Å². The quantitative estimate of drug-likeness (QED) is 0.790. The van der Waals surface area contributed by atoms with E-state index in [0.29, 0.717) is 11.4 Å². The van der Waals surface area contributed by atoms with Gasteiger partial charge in [0.2, 0.25) is 0 Å². The number of rotatable bonds is 5. The number of benzene rings is 1. The van der Waals surface area contributed by atoms with Crippen LogP contribution >= 0.6 is 0 Å². The van der Waals surface area contributed by atoms with Gasteiger partial charge in [0.1, 0.15) is 0 Å². The van der Waals surface area contributed by atoms with Gasteiger partial charge in [-0.2, -0.15) is 0 Å². The minimum Gasteiger partial charge on any atom is -0.396 e. The molecule has 3 N–H and O–H groups in total. The summed E-state index contributed by atoms with van der Waals surface area (Å²) in [6, 6.07) is 6.53. The molecule has 0 aliphatic heterocycles. The molecular formula is C11H17NO3S. The molecule has 0 spiro atoms. The third kappa shape index (κ3) is 2.81. The fourth-order valence-corrected chi connectivity index (χ4v) is 2.31. The van der Waals surface area contributed by atoms with Crippen LogP contribution in [0, 0.1) is 0 Å². The fraction of sp³-hybridized carbons (Fsp3) is 0.455. The van der Waals surface area contributed by atoms with E-state index < -0.39 is 9.84 Å². The lowest BCUT2D eigenvalue weighted by molar-refractivity contribution is 0.268. The Hall–Kier alpha value is -0.910. The van der Waals surface area contributed by atoms with E-state index >= 15 is 0 Å². The predicted octanol–water partition coefficient (Wildman–Crippen LogP) is 0.515. The van der Waals surface area contributed by atoms with Crippen molar-refractivity contribution < 1.29 is 13.5 Å². The van der Waals surface area contributed by atoms with E-state index in [4.69, 9.17) is 10.8 Å². The molecule has 0 aliphatic carbocycles. The van der Waals surface area contributed by atoms with Gasteiger partial charge in [-0.1, -0.05) is 19.1 Å². The van der Waals surface area contributed by atoms with Crippen molar-refractivity contribution in [1.29, 1.82) is 0 Å². The van der Waals surface area contributed by atoms with Gasteiger partial charge in [0.25, 0.3) is 0 Å². The lowest BCUT2D eigenvalue weighted by Gasteiger charge is -2.12. The standard InChI is InChI=1S/C11H17NO3S/c1-2-16(14,15)11-5-3-9(4-6-11)10(7-12)8-13/h3-6,10,13H,2,7-8,12H2,1H3. The van der Waals surface area contributed by atoms with Crippen LogP contribution < -0.4 is 5.73 Å². The van der Waals surface area contributed by atoms with Crippen molar-refractivity contribution in [3.8, 4) is 0 Å². The lowest BCUT2D eigenvalue weighted by Crippen LogP contribution is -2.16.